The van der Waals surface area contributed by atoms with Crippen molar-refractivity contribution in [3.63, 3.8) is 0 Å². The first-order chi connectivity index (χ1) is 17.0. The van der Waals surface area contributed by atoms with E-state index in [0.29, 0.717) is 35.8 Å². The fourth-order valence-corrected chi connectivity index (χ4v) is 4.05. The molecule has 0 aliphatic carbocycles. The van der Waals surface area contributed by atoms with Crippen molar-refractivity contribution in [2.45, 2.75) is 13.5 Å². The number of aromatic hydroxyl groups is 1. The molecule has 0 atom stereocenters. The Labute approximate surface area is 201 Å². The maximum atomic E-state index is 10.5. The molecule has 11 nitrogen and oxygen atoms in total. The fourth-order valence-electron chi connectivity index (χ4n) is 4.05. The number of imidazole rings is 1. The zero-order valence-electron chi connectivity index (χ0n) is 19.8. The number of aryl methyl sites for hydroxylation is 1. The van der Waals surface area contributed by atoms with E-state index in [4.69, 9.17) is 0 Å². The summed E-state index contributed by atoms with van der Waals surface area (Å²) in [4.78, 5) is 6.75. The molecular weight excluding hydrogens is 444 g/mol. The average Bonchev–Trinajstić information content (AvgIpc) is 3.50. The van der Waals surface area contributed by atoms with Gasteiger partial charge in [0.15, 0.2) is 11.6 Å². The van der Waals surface area contributed by atoms with Crippen LogP contribution in [0.1, 0.15) is 11.4 Å². The van der Waals surface area contributed by atoms with Crippen LogP contribution in [0.5, 0.6) is 5.88 Å². The van der Waals surface area contributed by atoms with E-state index < -0.39 is 0 Å². The second-order valence-corrected chi connectivity index (χ2v) is 8.54. The second kappa shape index (κ2) is 9.47. The average molecular weight is 471 g/mol. The van der Waals surface area contributed by atoms with Gasteiger partial charge in [-0.05, 0) is 48.1 Å². The largest absolute Gasteiger partial charge is 0.491 e. The first-order valence-electron chi connectivity index (χ1n) is 11.2. The van der Waals surface area contributed by atoms with Gasteiger partial charge in [-0.25, -0.2) is 10.1 Å². The van der Waals surface area contributed by atoms with Gasteiger partial charge < -0.3 is 19.9 Å². The first kappa shape index (κ1) is 22.4. The molecule has 3 N–H and O–H groups in total. The van der Waals surface area contributed by atoms with Crippen LogP contribution in [0.15, 0.2) is 48.5 Å². The number of rotatable bonds is 8. The highest BCUT2D eigenvalue weighted by Gasteiger charge is 2.18. The summed E-state index contributed by atoms with van der Waals surface area (Å²) in [5, 5.41) is 36.1. The van der Waals surface area contributed by atoms with Crippen LogP contribution in [0, 0.1) is 6.92 Å². The summed E-state index contributed by atoms with van der Waals surface area (Å²) >= 11 is 0. The van der Waals surface area contributed by atoms with Crippen LogP contribution in [0.3, 0.4) is 0 Å². The van der Waals surface area contributed by atoms with Gasteiger partial charge in [0, 0.05) is 25.2 Å². The highest BCUT2D eigenvalue weighted by molar-refractivity contribution is 5.89. The van der Waals surface area contributed by atoms with E-state index in [1.54, 1.807) is 0 Å². The van der Waals surface area contributed by atoms with Gasteiger partial charge in [-0.1, -0.05) is 48.5 Å². The van der Waals surface area contributed by atoms with Gasteiger partial charge in [-0.15, -0.1) is 15.3 Å². The Morgan fingerprint density at radius 3 is 2.49 bits per heavy atom. The molecule has 0 aliphatic rings. The van der Waals surface area contributed by atoms with Crippen molar-refractivity contribution in [2.75, 3.05) is 32.5 Å². The summed E-state index contributed by atoms with van der Waals surface area (Å²) in [7, 11) is 4.02. The summed E-state index contributed by atoms with van der Waals surface area (Å²) in [5.41, 5.74) is 5.25. The number of benzene rings is 2. The highest BCUT2D eigenvalue weighted by atomic mass is 16.3. The van der Waals surface area contributed by atoms with Gasteiger partial charge in [0.05, 0.1) is 0 Å². The van der Waals surface area contributed by atoms with E-state index in [2.05, 4.69) is 70.3 Å². The van der Waals surface area contributed by atoms with Crippen LogP contribution in [0.2, 0.25) is 0 Å². The quantitative estimate of drug-likeness (QED) is 0.313. The number of anilines is 1. The summed E-state index contributed by atoms with van der Waals surface area (Å²) in [5.74, 6) is 1.82. The highest BCUT2D eigenvalue weighted by Crippen LogP contribution is 2.31. The van der Waals surface area contributed by atoms with Crippen molar-refractivity contribution in [2.24, 2.45) is 0 Å². The molecule has 5 rings (SSSR count). The van der Waals surface area contributed by atoms with Gasteiger partial charge in [0.2, 0.25) is 0 Å². The molecule has 0 amide bonds. The normalized spacial score (nSPS) is 11.4. The van der Waals surface area contributed by atoms with E-state index in [1.807, 2.05) is 49.9 Å². The molecule has 0 saturated heterocycles. The molecule has 11 heteroatoms. The summed E-state index contributed by atoms with van der Waals surface area (Å²) in [6.07, 6.45) is 0. The van der Waals surface area contributed by atoms with Crippen molar-refractivity contribution in [3.8, 4) is 28.4 Å². The Hall–Kier alpha value is -4.38. The van der Waals surface area contributed by atoms with Gasteiger partial charge in [-0.3, -0.25) is 0 Å². The number of fused-ring (bicyclic) bond motifs is 1. The SMILES string of the molecule is Cc1nc2c(NCCN(C)C)nnc(O)c2n1Cc1ccc(-c2ccccc2-c2nnn[nH]2)cc1. The Morgan fingerprint density at radius 2 is 1.77 bits per heavy atom. The minimum atomic E-state index is -0.134. The van der Waals surface area contributed by atoms with Crippen LogP contribution in [0.4, 0.5) is 5.82 Å². The van der Waals surface area contributed by atoms with Crippen molar-refractivity contribution >= 4 is 16.9 Å². The lowest BCUT2D eigenvalue weighted by molar-refractivity contribution is 0.424. The molecule has 3 aromatic heterocycles. The lowest BCUT2D eigenvalue weighted by atomic mass is 9.98. The van der Waals surface area contributed by atoms with Crippen LogP contribution in [0.25, 0.3) is 33.5 Å². The van der Waals surface area contributed by atoms with E-state index in [0.717, 1.165) is 34.6 Å². The first-order valence-corrected chi connectivity index (χ1v) is 11.2. The van der Waals surface area contributed by atoms with Crippen molar-refractivity contribution in [1.82, 2.24) is 45.3 Å². The smallest absolute Gasteiger partial charge is 0.257 e. The number of hydrogen-bond donors (Lipinski definition) is 3. The van der Waals surface area contributed by atoms with E-state index >= 15 is 0 Å². The Morgan fingerprint density at radius 1 is 1.00 bits per heavy atom. The molecule has 0 spiro atoms. The molecular formula is C24H26N10O. The number of aromatic amines is 1. The molecule has 5 aromatic rings. The van der Waals surface area contributed by atoms with Crippen LogP contribution in [-0.4, -0.2) is 77.6 Å². The third-order valence-corrected chi connectivity index (χ3v) is 5.82. The van der Waals surface area contributed by atoms with Crippen LogP contribution >= 0.6 is 0 Å². The number of aromatic nitrogens is 8. The van der Waals surface area contributed by atoms with Crippen molar-refractivity contribution < 1.29 is 5.11 Å². The molecule has 0 fully saturated rings. The molecule has 178 valence electrons. The standard InChI is InChI=1S/C24H26N10O/c1-15-26-20-21(24(35)30-27-23(20)25-12-13-33(2)3)34(15)14-16-8-10-17(11-9-16)18-6-4-5-7-19(18)22-28-31-32-29-22/h4-11H,12-14H2,1-3H3,(H,25,27)(H,30,35)(H,28,29,31,32). The molecule has 0 saturated carbocycles. The Balaban J connectivity index is 1.43. The topological polar surface area (TPSA) is 134 Å². The second-order valence-electron chi connectivity index (χ2n) is 8.54. The summed E-state index contributed by atoms with van der Waals surface area (Å²) in [6, 6.07) is 16.3. The van der Waals surface area contributed by atoms with Gasteiger partial charge in [-0.2, -0.15) is 0 Å². The molecule has 0 unspecified atom stereocenters. The molecule has 0 bridgehead atoms. The lowest BCUT2D eigenvalue weighted by Gasteiger charge is -2.12. The third kappa shape index (κ3) is 4.53. The van der Waals surface area contributed by atoms with E-state index in [-0.39, 0.29) is 5.88 Å². The number of hydrogen-bond acceptors (Lipinski definition) is 9. The minimum Gasteiger partial charge on any atom is -0.491 e. The molecule has 0 aliphatic heterocycles. The number of nitrogens with one attached hydrogen (secondary N) is 2. The number of nitrogens with zero attached hydrogens (tertiary/aromatic N) is 8. The monoisotopic (exact) mass is 470 g/mol. The van der Waals surface area contributed by atoms with Gasteiger partial charge >= 0.3 is 0 Å². The maximum absolute atomic E-state index is 10.5. The number of tetrazole rings is 1. The molecule has 2 aromatic carbocycles. The van der Waals surface area contributed by atoms with Gasteiger partial charge in [0.25, 0.3) is 5.88 Å². The lowest BCUT2D eigenvalue weighted by Crippen LogP contribution is -2.21. The molecule has 3 heterocycles. The van der Waals surface area contributed by atoms with E-state index in [1.165, 1.54) is 0 Å². The van der Waals surface area contributed by atoms with Crippen molar-refractivity contribution in [1.29, 1.82) is 0 Å². The van der Waals surface area contributed by atoms with E-state index in [9.17, 15) is 5.11 Å². The maximum Gasteiger partial charge on any atom is 0.257 e. The fraction of sp³-hybridized carbons (Fsp3) is 0.250. The molecule has 0 radical (unpaired) electrons. The Bertz CT molecular complexity index is 1440. The number of likely N-dealkylation sites (N-methyl/N-ethyl adjacent to an activating group) is 1. The minimum absolute atomic E-state index is 0.134. The predicted octanol–water partition coefficient (Wildman–Crippen LogP) is 2.71. The molecule has 35 heavy (non-hydrogen) atoms. The van der Waals surface area contributed by atoms with Crippen LogP contribution in [-0.2, 0) is 6.54 Å². The zero-order valence-corrected chi connectivity index (χ0v) is 19.8. The number of H-pyrrole nitrogens is 1. The zero-order chi connectivity index (χ0) is 24.4. The van der Waals surface area contributed by atoms with Crippen molar-refractivity contribution in [3.05, 3.63) is 59.9 Å². The van der Waals surface area contributed by atoms with Gasteiger partial charge in [0.1, 0.15) is 16.9 Å². The summed E-state index contributed by atoms with van der Waals surface area (Å²) < 4.78 is 1.96. The third-order valence-electron chi connectivity index (χ3n) is 5.82. The summed E-state index contributed by atoms with van der Waals surface area (Å²) in [6.45, 7) is 3.98. The predicted molar refractivity (Wildman–Crippen MR) is 133 cm³/mol. The Kier molecular flexibility index (Phi) is 6.06. The van der Waals surface area contributed by atoms with Crippen LogP contribution < -0.4 is 5.32 Å².